The van der Waals surface area contributed by atoms with Crippen LogP contribution in [0.4, 0.5) is 0 Å². The summed E-state index contributed by atoms with van der Waals surface area (Å²) in [6.45, 7) is 0. The second-order valence-corrected chi connectivity index (χ2v) is 2.52. The molecule has 1 aliphatic carbocycles. The summed E-state index contributed by atoms with van der Waals surface area (Å²) in [7, 11) is 0. The van der Waals surface area contributed by atoms with Gasteiger partial charge in [0.15, 0.2) is 0 Å². The number of amides is 1. The Balaban J connectivity index is 2.53. The summed E-state index contributed by atoms with van der Waals surface area (Å²) in [6, 6.07) is 0. The normalized spacial score (nSPS) is 22.4. The Bertz CT molecular complexity index is 226. The van der Waals surface area contributed by atoms with Gasteiger partial charge in [-0.1, -0.05) is 12.2 Å². The molecule has 0 radical (unpaired) electrons. The second kappa shape index (κ2) is 3.84. The number of allylic oxidation sites excluding steroid dienone is 2. The highest BCUT2D eigenvalue weighted by atomic mass is 16.2. The molecule has 11 heavy (non-hydrogen) atoms. The first-order valence-electron chi connectivity index (χ1n) is 3.61. The predicted octanol–water partition coefficient (Wildman–Crippen LogP) is 1.21. The fourth-order valence-corrected chi connectivity index (χ4v) is 1.15. The lowest BCUT2D eigenvalue weighted by Gasteiger charge is -2.11. The number of isocyanates is 1. The highest BCUT2D eigenvalue weighted by Crippen LogP contribution is 2.18. The molecule has 0 spiro atoms. The van der Waals surface area contributed by atoms with Crippen LogP contribution in [-0.2, 0) is 9.59 Å². The molecule has 0 aromatic carbocycles. The van der Waals surface area contributed by atoms with Crippen molar-refractivity contribution in [3.05, 3.63) is 12.2 Å². The number of aliphatic imine (C=N–C) groups is 1. The van der Waals surface area contributed by atoms with E-state index in [9.17, 15) is 9.59 Å². The molecule has 3 heteroatoms. The van der Waals surface area contributed by atoms with Crippen LogP contribution in [0.15, 0.2) is 17.1 Å². The minimum atomic E-state index is -0.329. The summed E-state index contributed by atoms with van der Waals surface area (Å²) in [5.74, 6) is -0.411. The van der Waals surface area contributed by atoms with Crippen molar-refractivity contribution in [3.8, 4) is 0 Å². The van der Waals surface area contributed by atoms with Crippen molar-refractivity contribution in [2.45, 2.75) is 19.3 Å². The lowest BCUT2D eigenvalue weighted by molar-refractivity contribution is -0.121. The quantitative estimate of drug-likeness (QED) is 0.321. The third-order valence-corrected chi connectivity index (χ3v) is 1.77. The lowest BCUT2D eigenvalue weighted by atomic mass is 9.94. The Morgan fingerprint density at radius 1 is 1.55 bits per heavy atom. The molecule has 0 heterocycles. The molecule has 0 N–H and O–H groups in total. The largest absolute Gasteiger partial charge is 0.271 e. The molecular weight excluding hydrogens is 142 g/mol. The fraction of sp³-hybridized carbons (Fsp3) is 0.500. The van der Waals surface area contributed by atoms with E-state index in [1.165, 1.54) is 6.08 Å². The molecule has 0 saturated carbocycles. The molecule has 0 bridgehead atoms. The van der Waals surface area contributed by atoms with E-state index in [4.69, 9.17) is 0 Å². The van der Waals surface area contributed by atoms with E-state index in [0.29, 0.717) is 6.42 Å². The molecule has 58 valence electrons. The first kappa shape index (κ1) is 7.89. The summed E-state index contributed by atoms with van der Waals surface area (Å²) in [5.41, 5.74) is 0. The Hall–Kier alpha value is -1.21. The summed E-state index contributed by atoms with van der Waals surface area (Å²) in [5, 5.41) is 0. The van der Waals surface area contributed by atoms with Crippen molar-refractivity contribution < 1.29 is 9.59 Å². The van der Waals surface area contributed by atoms with Crippen LogP contribution in [-0.4, -0.2) is 12.0 Å². The molecule has 3 nitrogen and oxygen atoms in total. The van der Waals surface area contributed by atoms with Crippen molar-refractivity contribution >= 4 is 12.0 Å². The maximum absolute atomic E-state index is 10.9. The molecule has 0 saturated heterocycles. The van der Waals surface area contributed by atoms with Gasteiger partial charge in [-0.2, -0.15) is 0 Å². The zero-order valence-electron chi connectivity index (χ0n) is 6.12. The van der Waals surface area contributed by atoms with Gasteiger partial charge in [0.2, 0.25) is 6.08 Å². The molecule has 1 amide bonds. The molecule has 1 atom stereocenters. The number of hydrogen-bond donors (Lipinski definition) is 0. The molecule has 0 aromatic rings. The van der Waals surface area contributed by atoms with Crippen LogP contribution in [0.1, 0.15) is 19.3 Å². The van der Waals surface area contributed by atoms with E-state index in [-0.39, 0.29) is 11.8 Å². The van der Waals surface area contributed by atoms with Crippen molar-refractivity contribution in [1.82, 2.24) is 0 Å². The second-order valence-electron chi connectivity index (χ2n) is 2.52. The van der Waals surface area contributed by atoms with Crippen molar-refractivity contribution in [3.63, 3.8) is 0 Å². The number of hydrogen-bond acceptors (Lipinski definition) is 2. The smallest absolute Gasteiger partial charge is 0.259 e. The molecule has 1 aliphatic rings. The minimum absolute atomic E-state index is 0.0820. The van der Waals surface area contributed by atoms with Gasteiger partial charge in [-0.25, -0.2) is 4.79 Å². The van der Waals surface area contributed by atoms with Crippen LogP contribution < -0.4 is 0 Å². The van der Waals surface area contributed by atoms with E-state index >= 15 is 0 Å². The Labute approximate surface area is 64.8 Å². The standard InChI is InChI=1S/C8H9NO2/c10-6-9-8(11)7-4-2-1-3-5-7/h1-2,7H,3-5H2. The average Bonchev–Trinajstić information content (AvgIpc) is 2.07. The van der Waals surface area contributed by atoms with E-state index in [1.54, 1.807) is 0 Å². The lowest BCUT2D eigenvalue weighted by Crippen LogP contribution is -2.12. The van der Waals surface area contributed by atoms with Crippen LogP contribution in [0.5, 0.6) is 0 Å². The van der Waals surface area contributed by atoms with Crippen molar-refractivity contribution in [2.75, 3.05) is 0 Å². The molecule has 0 aromatic heterocycles. The number of nitrogens with zero attached hydrogens (tertiary/aromatic N) is 1. The highest BCUT2D eigenvalue weighted by molar-refractivity contribution is 5.83. The zero-order chi connectivity index (χ0) is 8.10. The zero-order valence-corrected chi connectivity index (χ0v) is 6.12. The van der Waals surface area contributed by atoms with Crippen LogP contribution in [0.2, 0.25) is 0 Å². The summed E-state index contributed by atoms with van der Waals surface area (Å²) >= 11 is 0. The van der Waals surface area contributed by atoms with Gasteiger partial charge in [0.25, 0.3) is 5.91 Å². The van der Waals surface area contributed by atoms with Crippen LogP contribution >= 0.6 is 0 Å². The SMILES string of the molecule is O=C=NC(=O)C1CC=CCC1. The molecule has 0 fully saturated rings. The van der Waals surface area contributed by atoms with Crippen LogP contribution in [0.3, 0.4) is 0 Å². The third kappa shape index (κ3) is 2.13. The van der Waals surface area contributed by atoms with E-state index in [1.807, 2.05) is 12.2 Å². The Morgan fingerprint density at radius 2 is 2.36 bits per heavy atom. The van der Waals surface area contributed by atoms with Gasteiger partial charge in [0.1, 0.15) is 0 Å². The number of carbonyl (C=O) groups is 1. The molecule has 1 unspecified atom stereocenters. The average molecular weight is 151 g/mol. The Morgan fingerprint density at radius 3 is 2.91 bits per heavy atom. The summed E-state index contributed by atoms with van der Waals surface area (Å²) in [6.07, 6.45) is 7.68. The molecule has 1 rings (SSSR count). The summed E-state index contributed by atoms with van der Waals surface area (Å²) < 4.78 is 0. The van der Waals surface area contributed by atoms with Gasteiger partial charge < -0.3 is 0 Å². The van der Waals surface area contributed by atoms with Crippen LogP contribution in [0, 0.1) is 5.92 Å². The van der Waals surface area contributed by atoms with E-state index in [0.717, 1.165) is 12.8 Å². The Kier molecular flexibility index (Phi) is 2.75. The van der Waals surface area contributed by atoms with E-state index in [2.05, 4.69) is 4.99 Å². The van der Waals surface area contributed by atoms with Gasteiger partial charge in [-0.05, 0) is 19.3 Å². The van der Waals surface area contributed by atoms with Crippen molar-refractivity contribution in [2.24, 2.45) is 10.9 Å². The number of carbonyl (C=O) groups excluding carboxylic acids is 2. The first-order chi connectivity index (χ1) is 5.34. The predicted molar refractivity (Wildman–Crippen MR) is 39.6 cm³/mol. The first-order valence-corrected chi connectivity index (χ1v) is 3.61. The fourth-order valence-electron chi connectivity index (χ4n) is 1.15. The maximum atomic E-state index is 10.9. The minimum Gasteiger partial charge on any atom is -0.271 e. The summed E-state index contributed by atoms with van der Waals surface area (Å²) in [4.78, 5) is 23.7. The highest BCUT2D eigenvalue weighted by Gasteiger charge is 2.17. The molecular formula is C8H9NO2. The van der Waals surface area contributed by atoms with Gasteiger partial charge in [-0.3, -0.25) is 4.79 Å². The van der Waals surface area contributed by atoms with Gasteiger partial charge >= 0.3 is 0 Å². The van der Waals surface area contributed by atoms with Gasteiger partial charge in [0.05, 0.1) is 0 Å². The van der Waals surface area contributed by atoms with Gasteiger partial charge in [-0.15, -0.1) is 4.99 Å². The topological polar surface area (TPSA) is 46.5 Å². The third-order valence-electron chi connectivity index (χ3n) is 1.77. The van der Waals surface area contributed by atoms with E-state index < -0.39 is 0 Å². The monoisotopic (exact) mass is 151 g/mol. The van der Waals surface area contributed by atoms with Crippen LogP contribution in [0.25, 0.3) is 0 Å². The maximum Gasteiger partial charge on any atom is 0.259 e. The van der Waals surface area contributed by atoms with Gasteiger partial charge in [0, 0.05) is 5.92 Å². The number of rotatable bonds is 1. The molecule has 0 aliphatic heterocycles. The van der Waals surface area contributed by atoms with Crippen molar-refractivity contribution in [1.29, 1.82) is 0 Å².